The molecule has 0 aliphatic carbocycles. The van der Waals surface area contributed by atoms with Crippen LogP contribution in [-0.2, 0) is 10.0 Å². The van der Waals surface area contributed by atoms with Gasteiger partial charge in [0.1, 0.15) is 0 Å². The number of hydrogen-bond donors (Lipinski definition) is 0. The van der Waals surface area contributed by atoms with Gasteiger partial charge in [0.25, 0.3) is 15.9 Å². The van der Waals surface area contributed by atoms with Crippen molar-refractivity contribution in [1.82, 2.24) is 0 Å². The van der Waals surface area contributed by atoms with Crippen molar-refractivity contribution < 1.29 is 13.2 Å². The van der Waals surface area contributed by atoms with Crippen molar-refractivity contribution in [2.75, 3.05) is 4.31 Å². The van der Waals surface area contributed by atoms with Gasteiger partial charge in [-0.15, -0.1) is 0 Å². The minimum Gasteiger partial charge on any atom is -0.268 e. The van der Waals surface area contributed by atoms with Crippen molar-refractivity contribution in [1.29, 1.82) is 0 Å². The van der Waals surface area contributed by atoms with Crippen molar-refractivity contribution in [2.24, 2.45) is 0 Å². The van der Waals surface area contributed by atoms with Crippen molar-refractivity contribution in [2.45, 2.75) is 11.8 Å². The maximum atomic E-state index is 13.5. The SMILES string of the molecule is Cc1ccc(S(=O)(=O)N(C(=O)c2ccc(-c3ccccc3)cc2)c2ccccc2)cc1. The van der Waals surface area contributed by atoms with E-state index in [1.54, 1.807) is 54.6 Å². The lowest BCUT2D eigenvalue weighted by Gasteiger charge is -2.23. The lowest BCUT2D eigenvalue weighted by atomic mass is 10.0. The van der Waals surface area contributed by atoms with Gasteiger partial charge >= 0.3 is 0 Å². The first kappa shape index (κ1) is 20.6. The monoisotopic (exact) mass is 427 g/mol. The van der Waals surface area contributed by atoms with Gasteiger partial charge in [-0.1, -0.05) is 78.4 Å². The fourth-order valence-electron chi connectivity index (χ4n) is 3.30. The molecule has 31 heavy (non-hydrogen) atoms. The zero-order valence-electron chi connectivity index (χ0n) is 17.0. The summed E-state index contributed by atoms with van der Waals surface area (Å²) in [7, 11) is -4.10. The van der Waals surface area contributed by atoms with Crippen molar-refractivity contribution in [3.05, 3.63) is 120 Å². The molecule has 154 valence electrons. The van der Waals surface area contributed by atoms with E-state index >= 15 is 0 Å². The normalized spacial score (nSPS) is 11.1. The maximum absolute atomic E-state index is 13.5. The standard InChI is InChI=1S/C26H21NO3S/c1-20-12-18-25(19-13-20)31(29,30)27(24-10-6-3-7-11-24)26(28)23-16-14-22(15-17-23)21-8-4-2-5-9-21/h2-19H,1H3. The van der Waals surface area contributed by atoms with E-state index < -0.39 is 15.9 Å². The molecule has 4 nitrogen and oxygen atoms in total. The summed E-state index contributed by atoms with van der Waals surface area (Å²) in [5, 5.41) is 0. The molecule has 0 fully saturated rings. The van der Waals surface area contributed by atoms with Crippen LogP contribution in [0.3, 0.4) is 0 Å². The highest BCUT2D eigenvalue weighted by atomic mass is 32.2. The van der Waals surface area contributed by atoms with Crippen LogP contribution in [-0.4, -0.2) is 14.3 Å². The lowest BCUT2D eigenvalue weighted by Crippen LogP contribution is -2.37. The van der Waals surface area contributed by atoms with Crippen LogP contribution in [0.15, 0.2) is 114 Å². The minimum absolute atomic E-state index is 0.0659. The number of benzene rings is 4. The predicted molar refractivity (Wildman–Crippen MR) is 123 cm³/mol. The van der Waals surface area contributed by atoms with Gasteiger partial charge in [-0.3, -0.25) is 4.79 Å². The summed E-state index contributed by atoms with van der Waals surface area (Å²) in [6.45, 7) is 1.88. The molecule has 4 aromatic rings. The van der Waals surface area contributed by atoms with Crippen LogP contribution >= 0.6 is 0 Å². The fourth-order valence-corrected chi connectivity index (χ4v) is 4.71. The van der Waals surface area contributed by atoms with E-state index in [4.69, 9.17) is 0 Å². The highest BCUT2D eigenvalue weighted by molar-refractivity contribution is 7.93. The van der Waals surface area contributed by atoms with Gasteiger partial charge in [0.15, 0.2) is 0 Å². The number of carbonyl (C=O) groups excluding carboxylic acids is 1. The van der Waals surface area contributed by atoms with Crippen LogP contribution in [0.4, 0.5) is 5.69 Å². The van der Waals surface area contributed by atoms with E-state index in [-0.39, 0.29) is 4.90 Å². The lowest BCUT2D eigenvalue weighted by molar-refractivity contribution is 0.101. The number of para-hydroxylation sites is 1. The third kappa shape index (κ3) is 4.27. The summed E-state index contributed by atoms with van der Waals surface area (Å²) >= 11 is 0. The molecule has 0 aliphatic heterocycles. The second kappa shape index (κ2) is 8.58. The van der Waals surface area contributed by atoms with E-state index in [1.807, 2.05) is 49.4 Å². The van der Waals surface area contributed by atoms with E-state index in [9.17, 15) is 13.2 Å². The average Bonchev–Trinajstić information content (AvgIpc) is 2.81. The number of nitrogens with zero attached hydrogens (tertiary/aromatic N) is 1. The third-order valence-corrected chi connectivity index (χ3v) is 6.70. The second-order valence-corrected chi connectivity index (χ2v) is 8.95. The largest absolute Gasteiger partial charge is 0.272 e. The average molecular weight is 428 g/mol. The molecule has 0 atom stereocenters. The Morgan fingerprint density at radius 2 is 1.16 bits per heavy atom. The highest BCUT2D eigenvalue weighted by Gasteiger charge is 2.31. The van der Waals surface area contributed by atoms with Gasteiger partial charge < -0.3 is 0 Å². The van der Waals surface area contributed by atoms with Crippen LogP contribution in [0, 0.1) is 6.92 Å². The number of amides is 1. The Morgan fingerprint density at radius 3 is 1.74 bits per heavy atom. The zero-order valence-corrected chi connectivity index (χ0v) is 17.8. The Balaban J connectivity index is 1.75. The number of sulfonamides is 1. The molecule has 0 saturated heterocycles. The summed E-state index contributed by atoms with van der Waals surface area (Å²) in [4.78, 5) is 13.5. The number of hydrogen-bond acceptors (Lipinski definition) is 3. The van der Waals surface area contributed by atoms with Gasteiger partial charge in [0.2, 0.25) is 0 Å². The predicted octanol–water partition coefficient (Wildman–Crippen LogP) is 5.70. The van der Waals surface area contributed by atoms with E-state index in [1.165, 1.54) is 12.1 Å². The van der Waals surface area contributed by atoms with E-state index in [0.29, 0.717) is 11.3 Å². The van der Waals surface area contributed by atoms with E-state index in [2.05, 4.69) is 0 Å². The molecule has 0 N–H and O–H groups in total. The van der Waals surface area contributed by atoms with Gasteiger partial charge in [0, 0.05) is 5.56 Å². The zero-order chi connectivity index (χ0) is 21.8. The molecular weight excluding hydrogens is 406 g/mol. The van der Waals surface area contributed by atoms with Crippen molar-refractivity contribution in [3.8, 4) is 11.1 Å². The summed E-state index contributed by atoms with van der Waals surface area (Å²) in [6, 6.07) is 31.6. The first-order chi connectivity index (χ1) is 15.0. The molecule has 0 heterocycles. The number of aryl methyl sites for hydroxylation is 1. The molecule has 4 rings (SSSR count). The highest BCUT2D eigenvalue weighted by Crippen LogP contribution is 2.27. The van der Waals surface area contributed by atoms with Gasteiger partial charge in [-0.25, -0.2) is 8.42 Å². The first-order valence-electron chi connectivity index (χ1n) is 9.84. The Bertz CT molecular complexity index is 1280. The second-order valence-electron chi connectivity index (χ2n) is 7.17. The Kier molecular flexibility index (Phi) is 5.69. The Morgan fingerprint density at radius 1 is 0.645 bits per heavy atom. The molecule has 0 aliphatic rings. The Labute approximate surface area is 182 Å². The van der Waals surface area contributed by atoms with Gasteiger partial charge in [0.05, 0.1) is 10.6 Å². The first-order valence-corrected chi connectivity index (χ1v) is 11.3. The van der Waals surface area contributed by atoms with Gasteiger partial charge in [-0.05, 0) is 54.4 Å². The molecule has 4 aromatic carbocycles. The third-order valence-electron chi connectivity index (χ3n) is 4.97. The van der Waals surface area contributed by atoms with Crippen LogP contribution in [0.1, 0.15) is 15.9 Å². The van der Waals surface area contributed by atoms with Gasteiger partial charge in [-0.2, -0.15) is 4.31 Å². The minimum atomic E-state index is -4.10. The number of anilines is 1. The molecule has 5 heteroatoms. The molecule has 0 saturated carbocycles. The van der Waals surface area contributed by atoms with Crippen LogP contribution in [0.5, 0.6) is 0 Å². The van der Waals surface area contributed by atoms with E-state index in [0.717, 1.165) is 21.0 Å². The Hall–Kier alpha value is -3.70. The summed E-state index contributed by atoms with van der Waals surface area (Å²) in [5.41, 5.74) is 3.49. The quantitative estimate of drug-likeness (QED) is 0.411. The maximum Gasteiger partial charge on any atom is 0.272 e. The molecule has 0 aromatic heterocycles. The molecule has 0 bridgehead atoms. The smallest absolute Gasteiger partial charge is 0.268 e. The molecular formula is C26H21NO3S. The fraction of sp³-hybridized carbons (Fsp3) is 0.0385. The number of rotatable bonds is 5. The molecule has 0 radical (unpaired) electrons. The summed E-state index contributed by atoms with van der Waals surface area (Å²) in [6.07, 6.45) is 0. The molecule has 0 unspecified atom stereocenters. The molecule has 0 spiro atoms. The topological polar surface area (TPSA) is 54.5 Å². The van der Waals surface area contributed by atoms with Crippen LogP contribution < -0.4 is 4.31 Å². The number of carbonyl (C=O) groups is 1. The van der Waals surface area contributed by atoms with Crippen molar-refractivity contribution in [3.63, 3.8) is 0 Å². The summed E-state index contributed by atoms with van der Waals surface area (Å²) in [5.74, 6) is -0.605. The van der Waals surface area contributed by atoms with Crippen LogP contribution in [0.25, 0.3) is 11.1 Å². The van der Waals surface area contributed by atoms with Crippen molar-refractivity contribution >= 4 is 21.6 Å². The van der Waals surface area contributed by atoms with Crippen LogP contribution in [0.2, 0.25) is 0 Å². The summed E-state index contributed by atoms with van der Waals surface area (Å²) < 4.78 is 27.8. The molecule has 1 amide bonds.